The lowest BCUT2D eigenvalue weighted by Gasteiger charge is -2.27. The Morgan fingerprint density at radius 3 is 0.627 bits per heavy atom. The molecule has 0 fully saturated rings. The highest BCUT2D eigenvalue weighted by atomic mass is 15.1. The van der Waals surface area contributed by atoms with E-state index in [1.165, 1.54) is 66.8 Å². The summed E-state index contributed by atoms with van der Waals surface area (Å²) in [5.41, 5.74) is 22.5. The second-order valence-electron chi connectivity index (χ2n) is 16.1. The standard InChI is InChI=1S/C47H60N12/c1-24-15-25(2)53-44(52-24)48-20-40-32(9)38(33(10)41(36(40)13)21-49-45-54-26(3)16-27(4)55-45)19-39-34(11)42(22-50-46-56-28(5)17-29(6)57-46)37(14)43(35(39)12)23-51-47-58-30(7)18-31(8)59-47/h15-18H,19-23H2,1-14H3,(H,48,52,53)(H,49,54,55)(H,50,56,57)(H,51,58,59). The molecule has 0 bridgehead atoms. The van der Waals surface area contributed by atoms with Gasteiger partial charge in [-0.2, -0.15) is 0 Å². The van der Waals surface area contributed by atoms with E-state index in [1.54, 1.807) is 0 Å². The van der Waals surface area contributed by atoms with Crippen LogP contribution in [-0.2, 0) is 32.6 Å². The SMILES string of the molecule is Cc1cc(C)nc(NCc2c(C)c(CNc3nc(C)cc(C)n3)c(C)c(Cc3c(C)c(CNc4nc(C)cc(C)n4)c(C)c(CNc4nc(C)cc(C)n4)c3C)c2C)n1. The van der Waals surface area contributed by atoms with Crippen molar-refractivity contribution in [2.45, 2.75) is 130 Å². The van der Waals surface area contributed by atoms with E-state index in [4.69, 9.17) is 39.9 Å². The monoisotopic (exact) mass is 793 g/mol. The van der Waals surface area contributed by atoms with Gasteiger partial charge in [0, 0.05) is 71.7 Å². The summed E-state index contributed by atoms with van der Waals surface area (Å²) in [7, 11) is 0. The maximum absolute atomic E-state index is 4.70. The molecule has 59 heavy (non-hydrogen) atoms. The summed E-state index contributed by atoms with van der Waals surface area (Å²) in [5, 5.41) is 14.3. The lowest BCUT2D eigenvalue weighted by Crippen LogP contribution is -2.17. The van der Waals surface area contributed by atoms with Gasteiger partial charge in [-0.15, -0.1) is 0 Å². The highest BCUT2D eigenvalue weighted by molar-refractivity contribution is 5.58. The molecule has 0 aliphatic carbocycles. The number of nitrogens with one attached hydrogen (secondary N) is 4. The Kier molecular flexibility index (Phi) is 12.9. The third-order valence-corrected chi connectivity index (χ3v) is 11.4. The van der Waals surface area contributed by atoms with Crippen molar-refractivity contribution in [1.29, 1.82) is 0 Å². The van der Waals surface area contributed by atoms with Gasteiger partial charge in [0.15, 0.2) is 0 Å². The molecule has 0 radical (unpaired) electrons. The topological polar surface area (TPSA) is 151 Å². The Balaban J connectivity index is 1.46. The zero-order valence-corrected chi connectivity index (χ0v) is 37.4. The van der Waals surface area contributed by atoms with Gasteiger partial charge in [-0.1, -0.05) is 0 Å². The van der Waals surface area contributed by atoms with Gasteiger partial charge in [-0.05, 0) is 194 Å². The number of benzene rings is 2. The summed E-state index contributed by atoms with van der Waals surface area (Å²) < 4.78 is 0. The van der Waals surface area contributed by atoms with Gasteiger partial charge >= 0.3 is 0 Å². The van der Waals surface area contributed by atoms with E-state index >= 15 is 0 Å². The van der Waals surface area contributed by atoms with Crippen LogP contribution in [0, 0.1) is 96.9 Å². The summed E-state index contributed by atoms with van der Waals surface area (Å²) >= 11 is 0. The van der Waals surface area contributed by atoms with E-state index in [9.17, 15) is 0 Å². The van der Waals surface area contributed by atoms with Gasteiger partial charge in [0.05, 0.1) is 0 Å². The molecule has 4 N–H and O–H groups in total. The van der Waals surface area contributed by atoms with Crippen LogP contribution in [0.1, 0.15) is 112 Å². The molecular weight excluding hydrogens is 733 g/mol. The molecule has 6 rings (SSSR count). The first-order valence-corrected chi connectivity index (χ1v) is 20.4. The highest BCUT2D eigenvalue weighted by Gasteiger charge is 2.23. The summed E-state index contributed by atoms with van der Waals surface area (Å²) in [5.74, 6) is 2.53. The Hall–Kier alpha value is -6.04. The van der Waals surface area contributed by atoms with Gasteiger partial charge in [-0.25, -0.2) is 39.9 Å². The van der Waals surface area contributed by atoms with Crippen LogP contribution in [-0.4, -0.2) is 39.9 Å². The lowest BCUT2D eigenvalue weighted by molar-refractivity contribution is 0.924. The Labute approximate surface area is 350 Å². The van der Waals surface area contributed by atoms with Crippen molar-refractivity contribution in [3.05, 3.63) is 137 Å². The second kappa shape index (κ2) is 17.8. The fraction of sp³-hybridized carbons (Fsp3) is 0.404. The second-order valence-corrected chi connectivity index (χ2v) is 16.1. The number of nitrogens with zero attached hydrogens (tertiary/aromatic N) is 8. The Bertz CT molecular complexity index is 2120. The summed E-state index contributed by atoms with van der Waals surface area (Å²) in [6.45, 7) is 31.9. The number of hydrogen-bond donors (Lipinski definition) is 4. The molecule has 0 saturated heterocycles. The first-order chi connectivity index (χ1) is 28.0. The van der Waals surface area contributed by atoms with Gasteiger partial charge < -0.3 is 21.3 Å². The average molecular weight is 793 g/mol. The molecule has 308 valence electrons. The molecule has 0 unspecified atom stereocenters. The quantitative estimate of drug-likeness (QED) is 0.0833. The predicted molar refractivity (Wildman–Crippen MR) is 239 cm³/mol. The predicted octanol–water partition coefficient (Wildman–Crippen LogP) is 9.20. The van der Waals surface area contributed by atoms with Crippen LogP contribution >= 0.6 is 0 Å². The minimum absolute atomic E-state index is 0.586. The van der Waals surface area contributed by atoms with Crippen molar-refractivity contribution in [3.8, 4) is 0 Å². The molecule has 12 nitrogen and oxygen atoms in total. The zero-order valence-electron chi connectivity index (χ0n) is 37.4. The van der Waals surface area contributed by atoms with Crippen molar-refractivity contribution >= 4 is 23.8 Å². The normalized spacial score (nSPS) is 11.2. The first kappa shape index (κ1) is 42.6. The van der Waals surface area contributed by atoms with Crippen molar-refractivity contribution < 1.29 is 0 Å². The molecule has 0 spiro atoms. The van der Waals surface area contributed by atoms with Crippen LogP contribution < -0.4 is 21.3 Å². The van der Waals surface area contributed by atoms with E-state index in [0.29, 0.717) is 50.0 Å². The molecule has 0 aliphatic heterocycles. The molecule has 12 heteroatoms. The largest absolute Gasteiger partial charge is 0.350 e. The van der Waals surface area contributed by atoms with Gasteiger partial charge in [0.2, 0.25) is 23.8 Å². The third kappa shape index (κ3) is 9.99. The molecule has 6 aromatic rings. The van der Waals surface area contributed by atoms with Crippen LogP contribution in [0.25, 0.3) is 0 Å². The minimum atomic E-state index is 0.586. The van der Waals surface area contributed by atoms with Gasteiger partial charge in [0.25, 0.3) is 0 Å². The minimum Gasteiger partial charge on any atom is -0.350 e. The van der Waals surface area contributed by atoms with E-state index in [2.05, 4.69) is 62.8 Å². The fourth-order valence-electron chi connectivity index (χ4n) is 8.44. The highest BCUT2D eigenvalue weighted by Crippen LogP contribution is 2.35. The van der Waals surface area contributed by atoms with Crippen LogP contribution in [0.5, 0.6) is 0 Å². The third-order valence-electron chi connectivity index (χ3n) is 11.4. The maximum Gasteiger partial charge on any atom is 0.223 e. The molecule has 0 saturated carbocycles. The molecular formula is C47H60N12. The number of aryl methyl sites for hydroxylation is 8. The maximum atomic E-state index is 4.70. The summed E-state index contributed by atoms with van der Waals surface area (Å²) in [6.07, 6.45) is 0.746. The molecule has 0 atom stereocenters. The fourth-order valence-corrected chi connectivity index (χ4v) is 8.44. The van der Waals surface area contributed by atoms with E-state index in [0.717, 1.165) is 52.0 Å². The van der Waals surface area contributed by atoms with Crippen molar-refractivity contribution in [2.24, 2.45) is 0 Å². The van der Waals surface area contributed by atoms with E-state index in [1.807, 2.05) is 79.7 Å². The zero-order chi connectivity index (χ0) is 42.7. The Morgan fingerprint density at radius 2 is 0.441 bits per heavy atom. The summed E-state index contributed by atoms with van der Waals surface area (Å²) in [4.78, 5) is 37.6. The molecule has 0 amide bonds. The van der Waals surface area contributed by atoms with Crippen molar-refractivity contribution in [3.63, 3.8) is 0 Å². The lowest BCUT2D eigenvalue weighted by atomic mass is 9.81. The Morgan fingerprint density at radius 1 is 0.271 bits per heavy atom. The molecule has 4 aromatic heterocycles. The van der Waals surface area contributed by atoms with Gasteiger partial charge in [-0.3, -0.25) is 0 Å². The number of aromatic nitrogens is 8. The number of hydrogen-bond acceptors (Lipinski definition) is 12. The summed E-state index contributed by atoms with van der Waals surface area (Å²) in [6, 6.07) is 7.98. The smallest absolute Gasteiger partial charge is 0.223 e. The number of anilines is 4. The first-order valence-electron chi connectivity index (χ1n) is 20.4. The van der Waals surface area contributed by atoms with E-state index in [-0.39, 0.29) is 0 Å². The van der Waals surface area contributed by atoms with Crippen LogP contribution in [0.4, 0.5) is 23.8 Å². The van der Waals surface area contributed by atoms with Gasteiger partial charge in [0.1, 0.15) is 0 Å². The van der Waals surface area contributed by atoms with Crippen LogP contribution in [0.15, 0.2) is 24.3 Å². The number of rotatable bonds is 14. The molecule has 2 aromatic carbocycles. The molecule has 0 aliphatic rings. The van der Waals surface area contributed by atoms with Crippen LogP contribution in [0.2, 0.25) is 0 Å². The molecule has 4 heterocycles. The van der Waals surface area contributed by atoms with Crippen molar-refractivity contribution in [2.75, 3.05) is 21.3 Å². The van der Waals surface area contributed by atoms with Crippen LogP contribution in [0.3, 0.4) is 0 Å². The average Bonchev–Trinajstić information content (AvgIpc) is 3.13. The van der Waals surface area contributed by atoms with Crippen molar-refractivity contribution in [1.82, 2.24) is 39.9 Å². The van der Waals surface area contributed by atoms with E-state index < -0.39 is 0 Å².